The van der Waals surface area contributed by atoms with Crippen LogP contribution in [0.15, 0.2) is 51.8 Å². The molecule has 0 aromatic heterocycles. The molecule has 1 heterocycles. The number of esters is 1. The summed E-state index contributed by atoms with van der Waals surface area (Å²) in [5, 5.41) is 0. The van der Waals surface area contributed by atoms with Crippen LogP contribution in [0.3, 0.4) is 0 Å². The number of nitrogens with zero attached hydrogens (tertiary/aromatic N) is 1. The van der Waals surface area contributed by atoms with Crippen molar-refractivity contribution in [2.75, 3.05) is 13.2 Å². The van der Waals surface area contributed by atoms with Gasteiger partial charge in [-0.25, -0.2) is 0 Å². The first kappa shape index (κ1) is 26.4. The lowest BCUT2D eigenvalue weighted by atomic mass is 10.1. The molecule has 0 bridgehead atoms. The van der Waals surface area contributed by atoms with Gasteiger partial charge in [0.25, 0.3) is 5.91 Å². The standard InChI is InChI=1S/C26H28BrNO4S2/c1-3-31-24(29)11-5-4-8-14-28-25(30)23(34-26(28)33)16-20-15-21(27)12-13-22(20)32-17-19-10-7-6-9-18(19)2/h6-7,9-10,12-13,15-16H,3-5,8,11,14,17H2,1-2H3/b23-16+. The van der Waals surface area contributed by atoms with Gasteiger partial charge in [0.15, 0.2) is 0 Å². The second-order valence-corrected chi connectivity index (χ2v) is 10.4. The van der Waals surface area contributed by atoms with Gasteiger partial charge in [0.1, 0.15) is 16.7 Å². The highest BCUT2D eigenvalue weighted by atomic mass is 79.9. The summed E-state index contributed by atoms with van der Waals surface area (Å²) in [5.41, 5.74) is 3.10. The van der Waals surface area contributed by atoms with Crippen LogP contribution in [-0.2, 0) is 20.9 Å². The highest BCUT2D eigenvalue weighted by Gasteiger charge is 2.31. The predicted molar refractivity (Wildman–Crippen MR) is 145 cm³/mol. The minimum Gasteiger partial charge on any atom is -0.488 e. The molecule has 0 aliphatic carbocycles. The maximum Gasteiger partial charge on any atom is 0.305 e. The number of hydrogen-bond acceptors (Lipinski definition) is 6. The minimum atomic E-state index is -0.175. The number of halogens is 1. The molecule has 3 rings (SSSR count). The van der Waals surface area contributed by atoms with Crippen LogP contribution in [0.5, 0.6) is 5.75 Å². The van der Waals surface area contributed by atoms with Crippen molar-refractivity contribution in [2.45, 2.75) is 46.1 Å². The van der Waals surface area contributed by atoms with Gasteiger partial charge < -0.3 is 9.47 Å². The van der Waals surface area contributed by atoms with E-state index in [2.05, 4.69) is 28.9 Å². The van der Waals surface area contributed by atoms with Crippen molar-refractivity contribution in [1.82, 2.24) is 4.90 Å². The van der Waals surface area contributed by atoms with Crippen molar-refractivity contribution in [3.05, 3.63) is 68.5 Å². The van der Waals surface area contributed by atoms with Crippen molar-refractivity contribution >= 4 is 62.2 Å². The maximum absolute atomic E-state index is 13.0. The van der Waals surface area contributed by atoms with Crippen LogP contribution in [-0.4, -0.2) is 34.2 Å². The molecule has 0 unspecified atom stereocenters. The number of carbonyl (C=O) groups excluding carboxylic acids is 2. The highest BCUT2D eigenvalue weighted by Crippen LogP contribution is 2.35. The molecule has 34 heavy (non-hydrogen) atoms. The first-order valence-electron chi connectivity index (χ1n) is 11.3. The molecule has 8 heteroatoms. The number of rotatable bonds is 11. The minimum absolute atomic E-state index is 0.0924. The zero-order valence-electron chi connectivity index (χ0n) is 19.3. The van der Waals surface area contributed by atoms with Gasteiger partial charge in [-0.05, 0) is 62.1 Å². The van der Waals surface area contributed by atoms with E-state index < -0.39 is 0 Å². The van der Waals surface area contributed by atoms with Crippen LogP contribution in [0.2, 0.25) is 0 Å². The van der Waals surface area contributed by atoms with Gasteiger partial charge in [0.05, 0.1) is 11.5 Å². The van der Waals surface area contributed by atoms with Gasteiger partial charge in [-0.3, -0.25) is 14.5 Å². The number of thiocarbonyl (C=S) groups is 1. The summed E-state index contributed by atoms with van der Waals surface area (Å²) in [6.45, 7) is 5.25. The lowest BCUT2D eigenvalue weighted by Gasteiger charge is -2.14. The summed E-state index contributed by atoms with van der Waals surface area (Å²) in [7, 11) is 0. The lowest BCUT2D eigenvalue weighted by Crippen LogP contribution is -2.29. The largest absolute Gasteiger partial charge is 0.488 e. The van der Waals surface area contributed by atoms with E-state index in [9.17, 15) is 9.59 Å². The third-order valence-electron chi connectivity index (χ3n) is 5.34. The van der Waals surface area contributed by atoms with Gasteiger partial charge in [-0.2, -0.15) is 0 Å². The van der Waals surface area contributed by atoms with Crippen LogP contribution in [0.1, 0.15) is 49.3 Å². The van der Waals surface area contributed by atoms with E-state index in [1.165, 1.54) is 17.3 Å². The third-order valence-corrected chi connectivity index (χ3v) is 7.22. The van der Waals surface area contributed by atoms with E-state index in [0.29, 0.717) is 41.2 Å². The fourth-order valence-electron chi connectivity index (χ4n) is 3.47. The van der Waals surface area contributed by atoms with E-state index in [4.69, 9.17) is 21.7 Å². The molecule has 0 radical (unpaired) electrons. The second kappa shape index (κ2) is 13.1. The van der Waals surface area contributed by atoms with Gasteiger partial charge in [-0.15, -0.1) is 0 Å². The number of aryl methyl sites for hydroxylation is 1. The summed E-state index contributed by atoms with van der Waals surface area (Å²) >= 11 is 10.3. The molecule has 2 aromatic carbocycles. The highest BCUT2D eigenvalue weighted by molar-refractivity contribution is 9.10. The maximum atomic E-state index is 13.0. The summed E-state index contributed by atoms with van der Waals surface area (Å²) in [5.74, 6) is 0.437. The monoisotopic (exact) mass is 561 g/mol. The molecular formula is C26H28BrNO4S2. The van der Waals surface area contributed by atoms with Crippen molar-refractivity contribution in [3.63, 3.8) is 0 Å². The molecule has 1 saturated heterocycles. The number of amides is 1. The predicted octanol–water partition coefficient (Wildman–Crippen LogP) is 6.66. The summed E-state index contributed by atoms with van der Waals surface area (Å²) in [6.07, 6.45) is 4.60. The Labute approximate surface area is 219 Å². The number of thioether (sulfide) groups is 1. The Morgan fingerprint density at radius 2 is 1.97 bits per heavy atom. The van der Waals surface area contributed by atoms with E-state index in [-0.39, 0.29) is 11.9 Å². The Morgan fingerprint density at radius 3 is 2.74 bits per heavy atom. The van der Waals surface area contributed by atoms with Crippen LogP contribution in [0.4, 0.5) is 0 Å². The number of benzene rings is 2. The van der Waals surface area contributed by atoms with Crippen molar-refractivity contribution in [3.8, 4) is 5.75 Å². The van der Waals surface area contributed by atoms with E-state index in [0.717, 1.165) is 34.9 Å². The lowest BCUT2D eigenvalue weighted by molar-refractivity contribution is -0.143. The number of ether oxygens (including phenoxy) is 2. The summed E-state index contributed by atoms with van der Waals surface area (Å²) in [4.78, 5) is 26.7. The zero-order chi connectivity index (χ0) is 24.5. The van der Waals surface area contributed by atoms with Crippen molar-refractivity contribution < 1.29 is 19.1 Å². The van der Waals surface area contributed by atoms with Crippen LogP contribution >= 0.6 is 39.9 Å². The average molecular weight is 563 g/mol. The van der Waals surface area contributed by atoms with Crippen molar-refractivity contribution in [1.29, 1.82) is 0 Å². The number of unbranched alkanes of at least 4 members (excludes halogenated alkanes) is 2. The Kier molecular flexibility index (Phi) is 10.2. The first-order chi connectivity index (χ1) is 16.4. The zero-order valence-corrected chi connectivity index (χ0v) is 22.6. The molecule has 1 fully saturated rings. The average Bonchev–Trinajstić information content (AvgIpc) is 3.06. The quantitative estimate of drug-likeness (QED) is 0.132. The summed E-state index contributed by atoms with van der Waals surface area (Å²) < 4.78 is 12.5. The molecular weight excluding hydrogens is 534 g/mol. The Hall–Kier alpha value is -2.16. The fraction of sp³-hybridized carbons (Fsp3) is 0.346. The molecule has 0 N–H and O–H groups in total. The Bertz CT molecular complexity index is 1090. The smallest absolute Gasteiger partial charge is 0.305 e. The summed E-state index contributed by atoms with van der Waals surface area (Å²) in [6, 6.07) is 13.9. The third kappa shape index (κ3) is 7.42. The second-order valence-electron chi connectivity index (χ2n) is 7.85. The topological polar surface area (TPSA) is 55.8 Å². The molecule has 5 nitrogen and oxygen atoms in total. The number of hydrogen-bond donors (Lipinski definition) is 0. The van der Waals surface area contributed by atoms with Gasteiger partial charge >= 0.3 is 5.97 Å². The number of carbonyl (C=O) groups is 2. The van der Waals surface area contributed by atoms with Gasteiger partial charge in [-0.1, -0.05) is 70.6 Å². The van der Waals surface area contributed by atoms with Gasteiger partial charge in [0.2, 0.25) is 0 Å². The molecule has 1 amide bonds. The normalized spacial score (nSPS) is 14.7. The Morgan fingerprint density at radius 1 is 1.18 bits per heavy atom. The van der Waals surface area contributed by atoms with Crippen LogP contribution in [0, 0.1) is 6.92 Å². The SMILES string of the molecule is CCOC(=O)CCCCCN1C(=O)/C(=C\c2cc(Br)ccc2OCc2ccccc2C)SC1=S. The molecule has 0 spiro atoms. The fourth-order valence-corrected chi connectivity index (χ4v) is 5.15. The van der Waals surface area contributed by atoms with Crippen molar-refractivity contribution in [2.24, 2.45) is 0 Å². The molecule has 2 aromatic rings. The molecule has 0 atom stereocenters. The molecule has 1 aliphatic rings. The van der Waals surface area contributed by atoms with E-state index in [1.807, 2.05) is 42.5 Å². The van der Waals surface area contributed by atoms with Crippen LogP contribution < -0.4 is 4.74 Å². The first-order valence-corrected chi connectivity index (χ1v) is 13.3. The van der Waals surface area contributed by atoms with E-state index >= 15 is 0 Å². The Balaban J connectivity index is 1.63. The van der Waals surface area contributed by atoms with E-state index in [1.54, 1.807) is 11.8 Å². The van der Waals surface area contributed by atoms with Crippen LogP contribution in [0.25, 0.3) is 6.08 Å². The van der Waals surface area contributed by atoms with Gasteiger partial charge in [0, 0.05) is 23.0 Å². The molecule has 1 aliphatic heterocycles. The molecule has 0 saturated carbocycles. The molecule has 180 valence electrons.